The summed E-state index contributed by atoms with van der Waals surface area (Å²) in [5.41, 5.74) is 2.40. The molecule has 25 heavy (non-hydrogen) atoms. The molecule has 0 radical (unpaired) electrons. The van der Waals surface area contributed by atoms with Gasteiger partial charge in [0.15, 0.2) is 11.5 Å². The van der Waals surface area contributed by atoms with Crippen molar-refractivity contribution < 1.29 is 14.2 Å². The number of hydrogen-bond acceptors (Lipinski definition) is 5. The molecule has 0 aliphatic carbocycles. The van der Waals surface area contributed by atoms with E-state index in [9.17, 15) is 0 Å². The van der Waals surface area contributed by atoms with Crippen LogP contribution in [0.2, 0.25) is 0 Å². The molecular weight excluding hydrogens is 316 g/mol. The van der Waals surface area contributed by atoms with E-state index in [1.165, 1.54) is 11.1 Å². The molecule has 0 N–H and O–H groups in total. The van der Waals surface area contributed by atoms with Crippen LogP contribution in [0.3, 0.4) is 0 Å². The Morgan fingerprint density at radius 1 is 1.12 bits per heavy atom. The highest BCUT2D eigenvalue weighted by Gasteiger charge is 2.20. The molecule has 2 heterocycles. The van der Waals surface area contributed by atoms with Crippen LogP contribution < -0.4 is 9.47 Å². The van der Waals surface area contributed by atoms with E-state index in [4.69, 9.17) is 14.2 Å². The highest BCUT2D eigenvalue weighted by atomic mass is 16.5. The summed E-state index contributed by atoms with van der Waals surface area (Å²) in [5.74, 6) is 1.52. The van der Waals surface area contributed by atoms with Crippen LogP contribution >= 0.6 is 0 Å². The van der Waals surface area contributed by atoms with Gasteiger partial charge in [-0.25, -0.2) is 0 Å². The van der Waals surface area contributed by atoms with Crippen molar-refractivity contribution in [2.75, 3.05) is 27.4 Å². The van der Waals surface area contributed by atoms with Crippen molar-refractivity contribution in [3.63, 3.8) is 0 Å². The first-order chi connectivity index (χ1) is 12.3. The predicted molar refractivity (Wildman–Crippen MR) is 96.9 cm³/mol. The Kier molecular flexibility index (Phi) is 6.25. The standard InChI is InChI=1S/C20H26N2O3/c1-23-19-8-7-16(11-20(19)24-2)13-22(15-18-6-4-10-25-18)14-17-5-3-9-21-12-17/h3,5,7-9,11-12,18H,4,6,10,13-15H2,1-2H3/t18-/m1/s1. The number of pyridine rings is 1. The van der Waals surface area contributed by atoms with Crippen LogP contribution in [-0.2, 0) is 17.8 Å². The Hall–Kier alpha value is -2.11. The molecule has 1 saturated heterocycles. The fourth-order valence-corrected chi connectivity index (χ4v) is 3.25. The van der Waals surface area contributed by atoms with Gasteiger partial charge in [0.2, 0.25) is 0 Å². The monoisotopic (exact) mass is 342 g/mol. The number of benzene rings is 1. The summed E-state index contributed by atoms with van der Waals surface area (Å²) in [6.45, 7) is 3.47. The Bertz CT molecular complexity index is 657. The van der Waals surface area contributed by atoms with E-state index in [-0.39, 0.29) is 0 Å². The van der Waals surface area contributed by atoms with E-state index in [0.717, 1.165) is 50.6 Å². The second-order valence-corrected chi connectivity index (χ2v) is 6.36. The van der Waals surface area contributed by atoms with E-state index >= 15 is 0 Å². The molecule has 1 aliphatic rings. The average molecular weight is 342 g/mol. The molecule has 0 spiro atoms. The average Bonchev–Trinajstić information content (AvgIpc) is 3.15. The molecule has 1 fully saturated rings. The van der Waals surface area contributed by atoms with Crippen LogP contribution in [0.4, 0.5) is 0 Å². The van der Waals surface area contributed by atoms with E-state index in [2.05, 4.69) is 22.0 Å². The van der Waals surface area contributed by atoms with Gasteiger partial charge in [0, 0.05) is 38.6 Å². The molecule has 0 saturated carbocycles. The lowest BCUT2D eigenvalue weighted by molar-refractivity contribution is 0.0678. The van der Waals surface area contributed by atoms with Gasteiger partial charge in [-0.1, -0.05) is 12.1 Å². The molecular formula is C20H26N2O3. The van der Waals surface area contributed by atoms with Crippen molar-refractivity contribution in [1.29, 1.82) is 0 Å². The van der Waals surface area contributed by atoms with Crippen molar-refractivity contribution >= 4 is 0 Å². The number of rotatable bonds is 8. The highest BCUT2D eigenvalue weighted by molar-refractivity contribution is 5.42. The van der Waals surface area contributed by atoms with Crippen molar-refractivity contribution in [3.8, 4) is 11.5 Å². The Morgan fingerprint density at radius 3 is 2.64 bits per heavy atom. The van der Waals surface area contributed by atoms with Crippen LogP contribution in [0.5, 0.6) is 11.5 Å². The lowest BCUT2D eigenvalue weighted by Crippen LogP contribution is -2.31. The summed E-state index contributed by atoms with van der Waals surface area (Å²) < 4.78 is 16.6. The smallest absolute Gasteiger partial charge is 0.161 e. The molecule has 1 aliphatic heterocycles. The Balaban J connectivity index is 1.73. The maximum absolute atomic E-state index is 5.84. The summed E-state index contributed by atoms with van der Waals surface area (Å²) in [5, 5.41) is 0. The summed E-state index contributed by atoms with van der Waals surface area (Å²) in [7, 11) is 3.32. The molecule has 1 aromatic carbocycles. The zero-order valence-electron chi connectivity index (χ0n) is 15.0. The van der Waals surface area contributed by atoms with E-state index in [1.54, 1.807) is 14.2 Å². The minimum atomic E-state index is 0.316. The quantitative estimate of drug-likeness (QED) is 0.737. The third-order valence-corrected chi connectivity index (χ3v) is 4.47. The number of ether oxygens (including phenoxy) is 3. The fourth-order valence-electron chi connectivity index (χ4n) is 3.25. The molecule has 1 atom stereocenters. The zero-order valence-corrected chi connectivity index (χ0v) is 15.0. The van der Waals surface area contributed by atoms with Crippen molar-refractivity contribution in [2.24, 2.45) is 0 Å². The zero-order chi connectivity index (χ0) is 17.5. The van der Waals surface area contributed by atoms with Crippen LogP contribution in [0.25, 0.3) is 0 Å². The van der Waals surface area contributed by atoms with Crippen LogP contribution in [-0.4, -0.2) is 43.4 Å². The Labute approximate surface area is 149 Å². The SMILES string of the molecule is COc1ccc(CN(Cc2cccnc2)C[C@H]2CCCO2)cc1OC. The summed E-state index contributed by atoms with van der Waals surface area (Å²) in [4.78, 5) is 6.64. The first-order valence-electron chi connectivity index (χ1n) is 8.72. The third-order valence-electron chi connectivity index (χ3n) is 4.47. The first kappa shape index (κ1) is 17.7. The lowest BCUT2D eigenvalue weighted by Gasteiger charge is -2.25. The highest BCUT2D eigenvalue weighted by Crippen LogP contribution is 2.28. The molecule has 5 heteroatoms. The molecule has 5 nitrogen and oxygen atoms in total. The summed E-state index contributed by atoms with van der Waals surface area (Å²) in [6, 6.07) is 10.2. The number of methoxy groups -OCH3 is 2. The van der Waals surface area contributed by atoms with Gasteiger partial charge in [0.25, 0.3) is 0 Å². The molecule has 3 rings (SSSR count). The van der Waals surface area contributed by atoms with Gasteiger partial charge in [0.05, 0.1) is 20.3 Å². The van der Waals surface area contributed by atoms with Crippen LogP contribution in [0.15, 0.2) is 42.7 Å². The summed E-state index contributed by atoms with van der Waals surface area (Å²) in [6.07, 6.45) is 6.34. The maximum Gasteiger partial charge on any atom is 0.161 e. The largest absolute Gasteiger partial charge is 0.493 e. The molecule has 1 aromatic heterocycles. The van der Waals surface area contributed by atoms with Crippen molar-refractivity contribution in [3.05, 3.63) is 53.9 Å². The Morgan fingerprint density at radius 2 is 1.96 bits per heavy atom. The maximum atomic E-state index is 5.84. The molecule has 0 bridgehead atoms. The number of nitrogens with zero attached hydrogens (tertiary/aromatic N) is 2. The van der Waals surface area contributed by atoms with Gasteiger partial charge >= 0.3 is 0 Å². The van der Waals surface area contributed by atoms with Gasteiger partial charge in [0.1, 0.15) is 0 Å². The van der Waals surface area contributed by atoms with Gasteiger partial charge < -0.3 is 14.2 Å². The second kappa shape index (κ2) is 8.83. The minimum Gasteiger partial charge on any atom is -0.493 e. The van der Waals surface area contributed by atoms with E-state index in [1.807, 2.05) is 30.6 Å². The van der Waals surface area contributed by atoms with E-state index < -0.39 is 0 Å². The fraction of sp³-hybridized carbons (Fsp3) is 0.450. The molecule has 0 unspecified atom stereocenters. The predicted octanol–water partition coefficient (Wildman–Crippen LogP) is 3.28. The normalized spacial score (nSPS) is 17.0. The van der Waals surface area contributed by atoms with Crippen LogP contribution in [0, 0.1) is 0 Å². The van der Waals surface area contributed by atoms with Gasteiger partial charge in [-0.2, -0.15) is 0 Å². The first-order valence-corrected chi connectivity index (χ1v) is 8.72. The topological polar surface area (TPSA) is 43.8 Å². The van der Waals surface area contributed by atoms with Gasteiger partial charge in [-0.3, -0.25) is 9.88 Å². The molecule has 0 amide bonds. The number of hydrogen-bond donors (Lipinski definition) is 0. The van der Waals surface area contributed by atoms with Crippen molar-refractivity contribution in [2.45, 2.75) is 32.0 Å². The van der Waals surface area contributed by atoms with Gasteiger partial charge in [-0.15, -0.1) is 0 Å². The second-order valence-electron chi connectivity index (χ2n) is 6.36. The lowest BCUT2D eigenvalue weighted by atomic mass is 10.1. The van der Waals surface area contributed by atoms with E-state index in [0.29, 0.717) is 6.10 Å². The summed E-state index contributed by atoms with van der Waals surface area (Å²) >= 11 is 0. The molecule has 134 valence electrons. The molecule has 2 aromatic rings. The van der Waals surface area contributed by atoms with Gasteiger partial charge in [-0.05, 0) is 42.2 Å². The minimum absolute atomic E-state index is 0.316. The van der Waals surface area contributed by atoms with Crippen LogP contribution in [0.1, 0.15) is 24.0 Å². The van der Waals surface area contributed by atoms with Crippen molar-refractivity contribution in [1.82, 2.24) is 9.88 Å². The number of aromatic nitrogens is 1. The third kappa shape index (κ3) is 4.94.